The minimum Gasteiger partial charge on any atom is -0.389 e. The third-order valence-electron chi connectivity index (χ3n) is 1.56. The van der Waals surface area contributed by atoms with E-state index in [1.807, 2.05) is 6.92 Å². The maximum Gasteiger partial charge on any atom is 0.0897 e. The Morgan fingerprint density at radius 2 is 2.14 bits per heavy atom. The molecule has 0 amide bonds. The molecule has 0 aromatic rings. The lowest BCUT2D eigenvalue weighted by Crippen LogP contribution is -2.30. The van der Waals surface area contributed by atoms with Gasteiger partial charge in [0.15, 0.2) is 0 Å². The van der Waals surface area contributed by atoms with Crippen molar-refractivity contribution in [1.29, 1.82) is 0 Å². The van der Waals surface area contributed by atoms with Crippen molar-refractivity contribution in [3.8, 4) is 0 Å². The zero-order chi connectivity index (χ0) is 10.6. The quantitative estimate of drug-likeness (QED) is 0.393. The lowest BCUT2D eigenvalue weighted by atomic mass is 10.4. The fourth-order valence-corrected chi connectivity index (χ4v) is 0.892. The molecule has 0 saturated carbocycles. The molecule has 4 nitrogen and oxygen atoms in total. The predicted molar refractivity (Wildman–Crippen MR) is 56.4 cm³/mol. The Bertz CT molecular complexity index is 131. The molecule has 0 aromatic carbocycles. The summed E-state index contributed by atoms with van der Waals surface area (Å²) in [7, 11) is 0. The summed E-state index contributed by atoms with van der Waals surface area (Å²) in [5.41, 5.74) is 0. The monoisotopic (exact) mass is 203 g/mol. The molecule has 1 atom stereocenters. The Hall–Kier alpha value is -0.420. The predicted octanol–water partition coefficient (Wildman–Crippen LogP) is 0.176. The highest BCUT2D eigenvalue weighted by Gasteiger charge is 2.02. The van der Waals surface area contributed by atoms with Crippen molar-refractivity contribution in [3.05, 3.63) is 12.7 Å². The SMILES string of the molecule is C=CCNCC(O)COCCOCC. The molecule has 0 bridgehead atoms. The summed E-state index contributed by atoms with van der Waals surface area (Å²) in [6.07, 6.45) is 1.29. The van der Waals surface area contributed by atoms with Crippen LogP contribution in [0, 0.1) is 0 Å². The molecule has 0 fully saturated rings. The van der Waals surface area contributed by atoms with Crippen LogP contribution in [0.5, 0.6) is 0 Å². The minimum absolute atomic E-state index is 0.344. The molecule has 0 radical (unpaired) electrons. The number of ether oxygens (including phenoxy) is 2. The van der Waals surface area contributed by atoms with Gasteiger partial charge < -0.3 is 19.9 Å². The van der Waals surface area contributed by atoms with Gasteiger partial charge in [0.25, 0.3) is 0 Å². The van der Waals surface area contributed by atoms with Crippen LogP contribution < -0.4 is 5.32 Å². The van der Waals surface area contributed by atoms with Crippen molar-refractivity contribution in [1.82, 2.24) is 5.32 Å². The van der Waals surface area contributed by atoms with Gasteiger partial charge in [-0.2, -0.15) is 0 Å². The first-order valence-corrected chi connectivity index (χ1v) is 4.96. The van der Waals surface area contributed by atoms with E-state index in [-0.39, 0.29) is 0 Å². The molecule has 1 unspecified atom stereocenters. The highest BCUT2D eigenvalue weighted by Crippen LogP contribution is 1.84. The average molecular weight is 203 g/mol. The van der Waals surface area contributed by atoms with Gasteiger partial charge in [-0.05, 0) is 6.92 Å². The largest absolute Gasteiger partial charge is 0.389 e. The van der Waals surface area contributed by atoms with E-state index in [0.717, 1.165) is 0 Å². The third-order valence-corrected chi connectivity index (χ3v) is 1.56. The van der Waals surface area contributed by atoms with Crippen LogP contribution in [0.25, 0.3) is 0 Å². The highest BCUT2D eigenvalue weighted by molar-refractivity contribution is 4.71. The summed E-state index contributed by atoms with van der Waals surface area (Å²) in [6.45, 7) is 8.90. The molecule has 0 aliphatic rings. The van der Waals surface area contributed by atoms with Crippen molar-refractivity contribution in [3.63, 3.8) is 0 Å². The van der Waals surface area contributed by atoms with Crippen LogP contribution in [-0.4, -0.2) is 50.7 Å². The number of nitrogens with one attached hydrogen (secondary N) is 1. The molecule has 0 rings (SSSR count). The fourth-order valence-electron chi connectivity index (χ4n) is 0.892. The van der Waals surface area contributed by atoms with Crippen LogP contribution in [-0.2, 0) is 9.47 Å². The minimum atomic E-state index is -0.462. The van der Waals surface area contributed by atoms with E-state index in [0.29, 0.717) is 39.5 Å². The van der Waals surface area contributed by atoms with Crippen molar-refractivity contribution in [2.45, 2.75) is 13.0 Å². The maximum atomic E-state index is 9.37. The summed E-state index contributed by atoms with van der Waals surface area (Å²) in [6, 6.07) is 0. The van der Waals surface area contributed by atoms with Gasteiger partial charge in [0.2, 0.25) is 0 Å². The topological polar surface area (TPSA) is 50.7 Å². The van der Waals surface area contributed by atoms with Crippen LogP contribution >= 0.6 is 0 Å². The average Bonchev–Trinajstić information content (AvgIpc) is 2.18. The fraction of sp³-hybridized carbons (Fsp3) is 0.800. The molecule has 4 heteroatoms. The molecule has 0 spiro atoms. The van der Waals surface area contributed by atoms with Crippen LogP contribution in [0.2, 0.25) is 0 Å². The summed E-state index contributed by atoms with van der Waals surface area (Å²) in [4.78, 5) is 0. The van der Waals surface area contributed by atoms with Crippen LogP contribution in [0.4, 0.5) is 0 Å². The van der Waals surface area contributed by atoms with Gasteiger partial charge in [0.1, 0.15) is 0 Å². The van der Waals surface area contributed by atoms with E-state index in [1.54, 1.807) is 6.08 Å². The maximum absolute atomic E-state index is 9.37. The smallest absolute Gasteiger partial charge is 0.0897 e. The summed E-state index contributed by atoms with van der Waals surface area (Å²) in [5.74, 6) is 0. The first-order chi connectivity index (χ1) is 6.81. The van der Waals surface area contributed by atoms with E-state index >= 15 is 0 Å². The number of rotatable bonds is 10. The molecule has 0 heterocycles. The highest BCUT2D eigenvalue weighted by atomic mass is 16.5. The lowest BCUT2D eigenvalue weighted by Gasteiger charge is -2.11. The summed E-state index contributed by atoms with van der Waals surface area (Å²) < 4.78 is 10.3. The molecule has 0 saturated heterocycles. The van der Waals surface area contributed by atoms with Crippen LogP contribution in [0.15, 0.2) is 12.7 Å². The second-order valence-corrected chi connectivity index (χ2v) is 2.87. The summed E-state index contributed by atoms with van der Waals surface area (Å²) >= 11 is 0. The normalized spacial score (nSPS) is 12.7. The van der Waals surface area contributed by atoms with Gasteiger partial charge in [-0.15, -0.1) is 6.58 Å². The Morgan fingerprint density at radius 1 is 1.43 bits per heavy atom. The second-order valence-electron chi connectivity index (χ2n) is 2.87. The van der Waals surface area contributed by atoms with E-state index in [4.69, 9.17) is 9.47 Å². The number of aliphatic hydroxyl groups is 1. The van der Waals surface area contributed by atoms with E-state index in [2.05, 4.69) is 11.9 Å². The van der Waals surface area contributed by atoms with Gasteiger partial charge in [-0.1, -0.05) is 6.08 Å². The molecule has 84 valence electrons. The van der Waals surface area contributed by atoms with Gasteiger partial charge in [0.05, 0.1) is 25.9 Å². The molecule has 0 aromatic heterocycles. The second kappa shape index (κ2) is 10.7. The first kappa shape index (κ1) is 13.6. The molecular weight excluding hydrogens is 182 g/mol. The number of aliphatic hydroxyl groups excluding tert-OH is 1. The van der Waals surface area contributed by atoms with Crippen LogP contribution in [0.3, 0.4) is 0 Å². The zero-order valence-electron chi connectivity index (χ0n) is 8.87. The molecular formula is C10H21NO3. The van der Waals surface area contributed by atoms with Gasteiger partial charge in [0, 0.05) is 19.7 Å². The third kappa shape index (κ3) is 9.67. The Morgan fingerprint density at radius 3 is 2.79 bits per heavy atom. The molecule has 0 aliphatic heterocycles. The lowest BCUT2D eigenvalue weighted by molar-refractivity contribution is 0.00679. The van der Waals surface area contributed by atoms with E-state index in [1.165, 1.54) is 0 Å². The Kier molecular flexibility index (Phi) is 10.3. The first-order valence-electron chi connectivity index (χ1n) is 4.96. The standard InChI is InChI=1S/C10H21NO3/c1-3-5-11-8-10(12)9-14-7-6-13-4-2/h3,10-12H,1,4-9H2,2H3. The van der Waals surface area contributed by atoms with Crippen LogP contribution in [0.1, 0.15) is 6.92 Å². The van der Waals surface area contributed by atoms with Gasteiger partial charge in [-0.3, -0.25) is 0 Å². The number of hydrogen-bond acceptors (Lipinski definition) is 4. The van der Waals surface area contributed by atoms with E-state index < -0.39 is 6.10 Å². The van der Waals surface area contributed by atoms with Crippen molar-refractivity contribution < 1.29 is 14.6 Å². The Labute approximate surface area is 85.9 Å². The Balaban J connectivity index is 3.09. The van der Waals surface area contributed by atoms with Gasteiger partial charge >= 0.3 is 0 Å². The molecule has 0 aliphatic carbocycles. The van der Waals surface area contributed by atoms with E-state index in [9.17, 15) is 5.11 Å². The van der Waals surface area contributed by atoms with Crippen molar-refractivity contribution in [2.24, 2.45) is 0 Å². The van der Waals surface area contributed by atoms with Gasteiger partial charge in [-0.25, -0.2) is 0 Å². The van der Waals surface area contributed by atoms with Crippen molar-refractivity contribution in [2.75, 3.05) is 39.5 Å². The summed E-state index contributed by atoms with van der Waals surface area (Å²) in [5, 5.41) is 12.4. The number of hydrogen-bond donors (Lipinski definition) is 2. The molecule has 2 N–H and O–H groups in total. The molecule has 14 heavy (non-hydrogen) atoms. The van der Waals surface area contributed by atoms with Crippen molar-refractivity contribution >= 4 is 0 Å². The zero-order valence-corrected chi connectivity index (χ0v) is 8.87.